The Bertz CT molecular complexity index is 1370. The highest BCUT2D eigenvalue weighted by Gasteiger charge is 2.35. The first-order valence-corrected chi connectivity index (χ1v) is 14.3. The molecule has 1 saturated heterocycles. The lowest BCUT2D eigenvalue weighted by atomic mass is 9.95. The number of allylic oxidation sites excluding steroid dienone is 1. The first kappa shape index (κ1) is 27.7. The van der Waals surface area contributed by atoms with Gasteiger partial charge in [0.15, 0.2) is 0 Å². The summed E-state index contributed by atoms with van der Waals surface area (Å²) < 4.78 is 0. The molecule has 1 aromatic heterocycles. The fraction of sp³-hybridized carbons (Fsp3) is 0.484. The quantitative estimate of drug-likeness (QED) is 0.428. The third-order valence-electron chi connectivity index (χ3n) is 8.15. The minimum atomic E-state index is -0.621. The van der Waals surface area contributed by atoms with Gasteiger partial charge in [-0.3, -0.25) is 9.79 Å². The number of carbonyl (C=O) groups excluding carboxylic acids is 1. The molecule has 0 spiro atoms. The molecule has 2 atom stereocenters. The van der Waals surface area contributed by atoms with Crippen LogP contribution >= 0.6 is 0 Å². The number of aliphatic imine (C=N–C) groups is 1. The molecule has 1 aromatic carbocycles. The minimum absolute atomic E-state index is 0.126. The van der Waals surface area contributed by atoms with Gasteiger partial charge in [0.2, 0.25) is 5.95 Å². The maximum atomic E-state index is 13.0. The average molecular weight is 541 g/mol. The van der Waals surface area contributed by atoms with Crippen molar-refractivity contribution in [1.82, 2.24) is 20.2 Å². The Balaban J connectivity index is 1.39. The zero-order valence-electron chi connectivity index (χ0n) is 24.0. The van der Waals surface area contributed by atoms with Crippen LogP contribution in [-0.2, 0) is 0 Å². The van der Waals surface area contributed by atoms with Gasteiger partial charge in [0.25, 0.3) is 5.91 Å². The first-order chi connectivity index (χ1) is 19.3. The van der Waals surface area contributed by atoms with Gasteiger partial charge in [-0.15, -0.1) is 6.42 Å². The number of amides is 1. The highest BCUT2D eigenvalue weighted by Crippen LogP contribution is 2.37. The number of hydrogen-bond donors (Lipinski definition) is 3. The maximum absolute atomic E-state index is 13.0. The lowest BCUT2D eigenvalue weighted by Crippen LogP contribution is -2.44. The average Bonchev–Trinajstić information content (AvgIpc) is 3.34. The number of piperazine rings is 1. The molecule has 3 N–H and O–H groups in total. The third kappa shape index (κ3) is 5.97. The molecule has 2 unspecified atom stereocenters. The van der Waals surface area contributed by atoms with Crippen LogP contribution in [0.25, 0.3) is 0 Å². The van der Waals surface area contributed by atoms with E-state index in [1.807, 2.05) is 0 Å². The summed E-state index contributed by atoms with van der Waals surface area (Å²) in [4.78, 5) is 32.1. The van der Waals surface area contributed by atoms with Crippen LogP contribution in [-0.4, -0.2) is 71.9 Å². The molecule has 2 aromatic rings. The number of fused-ring (bicyclic) bond motifs is 1. The van der Waals surface area contributed by atoms with Crippen molar-refractivity contribution in [2.24, 2.45) is 10.9 Å². The number of nitrogens with one attached hydrogen (secondary N) is 3. The number of terminal acetylenes is 1. The van der Waals surface area contributed by atoms with Crippen molar-refractivity contribution < 1.29 is 4.79 Å². The number of dihydropyridines is 1. The van der Waals surface area contributed by atoms with Gasteiger partial charge < -0.3 is 25.8 Å². The van der Waals surface area contributed by atoms with Gasteiger partial charge in [-0.25, -0.2) is 4.98 Å². The predicted octanol–water partition coefficient (Wildman–Crippen LogP) is 4.36. The Morgan fingerprint density at radius 2 is 2.05 bits per heavy atom. The summed E-state index contributed by atoms with van der Waals surface area (Å²) in [5, 5.41) is 9.56. The van der Waals surface area contributed by atoms with Gasteiger partial charge in [0, 0.05) is 61.8 Å². The van der Waals surface area contributed by atoms with Crippen LogP contribution in [0.1, 0.15) is 55.5 Å². The summed E-state index contributed by atoms with van der Waals surface area (Å²) in [5.41, 5.74) is 5.58. The minimum Gasteiger partial charge on any atom is -0.369 e. The fourth-order valence-corrected chi connectivity index (χ4v) is 5.79. The Kier molecular flexibility index (Phi) is 8.08. The summed E-state index contributed by atoms with van der Waals surface area (Å²) >= 11 is 0. The Labute approximate surface area is 237 Å². The van der Waals surface area contributed by atoms with E-state index in [0.29, 0.717) is 29.7 Å². The lowest BCUT2D eigenvalue weighted by molar-refractivity contribution is 0.0959. The molecule has 0 radical (unpaired) electrons. The Hall–Kier alpha value is -3.90. The van der Waals surface area contributed by atoms with Gasteiger partial charge in [0.05, 0.1) is 6.54 Å². The van der Waals surface area contributed by atoms with Crippen molar-refractivity contribution in [3.05, 3.63) is 47.2 Å². The van der Waals surface area contributed by atoms with Gasteiger partial charge in [-0.05, 0) is 69.5 Å². The molecule has 1 amide bonds. The molecular weight excluding hydrogens is 500 g/mol. The van der Waals surface area contributed by atoms with Crippen LogP contribution in [0.2, 0.25) is 0 Å². The van der Waals surface area contributed by atoms with Crippen molar-refractivity contribution in [1.29, 1.82) is 0 Å². The molecule has 1 aliphatic carbocycles. The predicted molar refractivity (Wildman–Crippen MR) is 163 cm³/mol. The molecule has 9 heteroatoms. The largest absolute Gasteiger partial charge is 0.369 e. The molecule has 2 fully saturated rings. The van der Waals surface area contributed by atoms with Crippen LogP contribution in [0, 0.1) is 25.2 Å². The smallest absolute Gasteiger partial charge is 0.257 e. The van der Waals surface area contributed by atoms with E-state index < -0.39 is 5.66 Å². The molecule has 2 aliphatic heterocycles. The molecule has 5 rings (SSSR count). The maximum Gasteiger partial charge on any atom is 0.257 e. The Morgan fingerprint density at radius 1 is 1.25 bits per heavy atom. The number of aryl methyl sites for hydroxylation is 1. The topological polar surface area (TPSA) is 97.8 Å². The standard InChI is InChI=1S/C31H40N8O/c1-6-14-32-29(40)25-20-33-30(34-24-10-11-26(21(3)19-24)39-17-15-38(5)16-18-39)35-28(25)37-31(4)13-12-23-9-8-22(7-2)27(23)36-31/h1,10-12,19-20,22H,7-9,13-18H2,2-5H3,(H,32,40)(H2,33,34,35,37). The number of anilines is 4. The highest BCUT2D eigenvalue weighted by molar-refractivity contribution is 6.05. The van der Waals surface area contributed by atoms with Gasteiger partial charge in [-0.1, -0.05) is 18.9 Å². The summed E-state index contributed by atoms with van der Waals surface area (Å²) in [6, 6.07) is 6.32. The second-order valence-electron chi connectivity index (χ2n) is 11.2. The number of aromatic nitrogens is 2. The van der Waals surface area contributed by atoms with Crippen LogP contribution < -0.4 is 20.9 Å². The molecule has 3 heterocycles. The van der Waals surface area contributed by atoms with Crippen LogP contribution in [0.4, 0.5) is 23.1 Å². The molecule has 9 nitrogen and oxygen atoms in total. The SMILES string of the molecule is C#CCNC(=O)c1cnc(Nc2ccc(N3CCN(C)CC3)c(C)c2)nc1NC1(C)CC=C2CCC(CC)C2=N1. The highest BCUT2D eigenvalue weighted by atomic mass is 16.1. The normalized spacial score (nSPS) is 22.6. The van der Waals surface area contributed by atoms with Gasteiger partial charge in [0.1, 0.15) is 17.0 Å². The van der Waals surface area contributed by atoms with Crippen molar-refractivity contribution in [3.8, 4) is 12.3 Å². The zero-order chi connectivity index (χ0) is 28.3. The number of carbonyl (C=O) groups is 1. The van der Waals surface area contributed by atoms with E-state index in [-0.39, 0.29) is 12.5 Å². The summed E-state index contributed by atoms with van der Waals surface area (Å²) in [6.07, 6.45) is 13.2. The number of hydrogen-bond acceptors (Lipinski definition) is 8. The van der Waals surface area contributed by atoms with Crippen LogP contribution in [0.15, 0.2) is 41.0 Å². The van der Waals surface area contributed by atoms with E-state index in [9.17, 15) is 4.79 Å². The summed E-state index contributed by atoms with van der Waals surface area (Å²) in [5.74, 6) is 3.43. The summed E-state index contributed by atoms with van der Waals surface area (Å²) in [6.45, 7) is 10.7. The molecule has 210 valence electrons. The number of likely N-dealkylation sites (N-methyl/N-ethyl adjacent to an activating group) is 1. The fourth-order valence-electron chi connectivity index (χ4n) is 5.79. The summed E-state index contributed by atoms with van der Waals surface area (Å²) in [7, 11) is 2.16. The molecule has 3 aliphatic rings. The second kappa shape index (κ2) is 11.7. The Morgan fingerprint density at radius 3 is 2.77 bits per heavy atom. The third-order valence-corrected chi connectivity index (χ3v) is 8.15. The van der Waals surface area contributed by atoms with Crippen LogP contribution in [0.5, 0.6) is 0 Å². The zero-order valence-corrected chi connectivity index (χ0v) is 24.0. The van der Waals surface area contributed by atoms with E-state index in [4.69, 9.17) is 16.4 Å². The van der Waals surface area contributed by atoms with E-state index in [1.54, 1.807) is 6.20 Å². The van der Waals surface area contributed by atoms with Crippen molar-refractivity contribution in [2.45, 2.75) is 52.1 Å². The van der Waals surface area contributed by atoms with Crippen molar-refractivity contribution in [3.63, 3.8) is 0 Å². The first-order valence-electron chi connectivity index (χ1n) is 14.3. The van der Waals surface area contributed by atoms with Gasteiger partial charge >= 0.3 is 0 Å². The van der Waals surface area contributed by atoms with Crippen molar-refractivity contribution in [2.75, 3.05) is 55.3 Å². The molecule has 1 saturated carbocycles. The van der Waals surface area contributed by atoms with E-state index >= 15 is 0 Å². The lowest BCUT2D eigenvalue weighted by Gasteiger charge is -2.35. The number of benzene rings is 1. The monoisotopic (exact) mass is 540 g/mol. The molecule has 40 heavy (non-hydrogen) atoms. The second-order valence-corrected chi connectivity index (χ2v) is 11.2. The van der Waals surface area contributed by atoms with E-state index in [2.05, 4.69) is 88.7 Å². The van der Waals surface area contributed by atoms with Crippen LogP contribution in [0.3, 0.4) is 0 Å². The van der Waals surface area contributed by atoms with E-state index in [0.717, 1.165) is 51.1 Å². The molecular formula is C31H40N8O. The number of nitrogens with zero attached hydrogens (tertiary/aromatic N) is 5. The van der Waals surface area contributed by atoms with Crippen molar-refractivity contribution >= 4 is 34.8 Å². The number of rotatable bonds is 8. The van der Waals surface area contributed by atoms with Gasteiger partial charge in [-0.2, -0.15) is 4.98 Å². The van der Waals surface area contributed by atoms with E-state index in [1.165, 1.54) is 22.5 Å². The molecule has 0 bridgehead atoms.